The molecule has 2 aromatic carbocycles. The monoisotopic (exact) mass is 367 g/mol. The largest absolute Gasteiger partial charge is 0.497 e. The Balaban J connectivity index is 1.80. The molecule has 0 N–H and O–H groups in total. The van der Waals surface area contributed by atoms with E-state index in [1.165, 1.54) is 7.11 Å². The second kappa shape index (κ2) is 8.35. The van der Waals surface area contributed by atoms with E-state index in [0.717, 1.165) is 5.56 Å². The number of amides is 1. The molecule has 0 radical (unpaired) electrons. The topological polar surface area (TPSA) is 77.7 Å². The molecule has 0 saturated heterocycles. The fourth-order valence-electron chi connectivity index (χ4n) is 2.66. The molecule has 0 spiro atoms. The van der Waals surface area contributed by atoms with Crippen molar-refractivity contribution < 1.29 is 18.8 Å². The van der Waals surface area contributed by atoms with E-state index >= 15 is 0 Å². The van der Waals surface area contributed by atoms with E-state index in [1.807, 2.05) is 37.3 Å². The van der Waals surface area contributed by atoms with Crippen LogP contribution in [0.5, 0.6) is 11.5 Å². The van der Waals surface area contributed by atoms with E-state index in [4.69, 9.17) is 14.0 Å². The number of carbonyl (C=O) groups is 1. The van der Waals surface area contributed by atoms with Gasteiger partial charge in [-0.3, -0.25) is 4.79 Å². The molecule has 7 heteroatoms. The van der Waals surface area contributed by atoms with Crippen molar-refractivity contribution in [3.05, 3.63) is 60.0 Å². The Morgan fingerprint density at radius 1 is 1.11 bits per heavy atom. The van der Waals surface area contributed by atoms with Crippen LogP contribution in [0.25, 0.3) is 11.4 Å². The van der Waals surface area contributed by atoms with Gasteiger partial charge in [0.1, 0.15) is 18.0 Å². The van der Waals surface area contributed by atoms with Crippen molar-refractivity contribution >= 4 is 5.91 Å². The molecule has 1 aromatic heterocycles. The molecule has 140 valence electrons. The number of nitrogens with zero attached hydrogens (tertiary/aromatic N) is 3. The second-order valence-electron chi connectivity index (χ2n) is 5.76. The Morgan fingerprint density at radius 3 is 2.56 bits per heavy atom. The highest BCUT2D eigenvalue weighted by Crippen LogP contribution is 2.26. The first kappa shape index (κ1) is 18.4. The highest BCUT2D eigenvalue weighted by molar-refractivity contribution is 5.97. The van der Waals surface area contributed by atoms with E-state index in [-0.39, 0.29) is 12.5 Å². The third-order valence-corrected chi connectivity index (χ3v) is 4.13. The number of methoxy groups -OCH3 is 2. The molecule has 0 atom stereocenters. The maximum Gasteiger partial charge on any atom is 0.258 e. The number of ether oxygens (including phenoxy) is 2. The van der Waals surface area contributed by atoms with E-state index in [2.05, 4.69) is 10.1 Å². The zero-order valence-electron chi connectivity index (χ0n) is 15.5. The van der Waals surface area contributed by atoms with E-state index in [9.17, 15) is 4.79 Å². The van der Waals surface area contributed by atoms with Gasteiger partial charge in [0.2, 0.25) is 11.7 Å². The lowest BCUT2D eigenvalue weighted by Crippen LogP contribution is -2.30. The average Bonchev–Trinajstić information content (AvgIpc) is 3.20. The second-order valence-corrected chi connectivity index (χ2v) is 5.76. The summed E-state index contributed by atoms with van der Waals surface area (Å²) in [5, 5.41) is 4.00. The van der Waals surface area contributed by atoms with Crippen molar-refractivity contribution in [3.63, 3.8) is 0 Å². The van der Waals surface area contributed by atoms with Crippen LogP contribution < -0.4 is 9.47 Å². The maximum atomic E-state index is 13.0. The van der Waals surface area contributed by atoms with Gasteiger partial charge in [-0.1, -0.05) is 35.5 Å². The smallest absolute Gasteiger partial charge is 0.258 e. The summed E-state index contributed by atoms with van der Waals surface area (Å²) in [7, 11) is 3.08. The van der Waals surface area contributed by atoms with Gasteiger partial charge in [-0.15, -0.1) is 0 Å². The van der Waals surface area contributed by atoms with E-state index in [0.29, 0.717) is 35.3 Å². The van der Waals surface area contributed by atoms with E-state index < -0.39 is 0 Å². The molecule has 0 aliphatic rings. The summed E-state index contributed by atoms with van der Waals surface area (Å²) in [6.45, 7) is 2.59. The van der Waals surface area contributed by atoms with Gasteiger partial charge in [-0.05, 0) is 19.1 Å². The Labute approximate surface area is 157 Å². The number of aromatic nitrogens is 2. The van der Waals surface area contributed by atoms with Crippen LogP contribution in [0.2, 0.25) is 0 Å². The maximum absolute atomic E-state index is 13.0. The molecule has 0 saturated carbocycles. The Kier molecular flexibility index (Phi) is 5.71. The molecule has 1 heterocycles. The Bertz CT molecular complexity index is 909. The molecule has 1 amide bonds. The van der Waals surface area contributed by atoms with E-state index in [1.54, 1.807) is 30.2 Å². The van der Waals surface area contributed by atoms with Gasteiger partial charge < -0.3 is 18.9 Å². The van der Waals surface area contributed by atoms with Crippen LogP contribution in [0.4, 0.5) is 0 Å². The molecule has 3 aromatic rings. The van der Waals surface area contributed by atoms with Crippen molar-refractivity contribution in [1.82, 2.24) is 15.0 Å². The predicted octanol–water partition coefficient (Wildman–Crippen LogP) is 3.42. The minimum absolute atomic E-state index is 0.184. The van der Waals surface area contributed by atoms with Gasteiger partial charge in [0.05, 0.1) is 19.8 Å². The first-order valence-electron chi connectivity index (χ1n) is 8.55. The minimum atomic E-state index is -0.184. The van der Waals surface area contributed by atoms with Crippen LogP contribution in [0.1, 0.15) is 23.2 Å². The zero-order valence-corrected chi connectivity index (χ0v) is 15.5. The molecule has 0 fully saturated rings. The highest BCUT2D eigenvalue weighted by Gasteiger charge is 2.21. The van der Waals surface area contributed by atoms with Crippen LogP contribution in [0.15, 0.2) is 53.1 Å². The lowest BCUT2D eigenvalue weighted by atomic mass is 10.1. The fourth-order valence-corrected chi connectivity index (χ4v) is 2.66. The first-order chi connectivity index (χ1) is 13.2. The summed E-state index contributed by atoms with van der Waals surface area (Å²) in [5.41, 5.74) is 1.31. The zero-order chi connectivity index (χ0) is 19.2. The minimum Gasteiger partial charge on any atom is -0.497 e. The molecule has 0 aliphatic carbocycles. The third kappa shape index (κ3) is 4.08. The summed E-state index contributed by atoms with van der Waals surface area (Å²) in [5.74, 6) is 1.76. The van der Waals surface area contributed by atoms with Gasteiger partial charge in [-0.2, -0.15) is 4.98 Å². The van der Waals surface area contributed by atoms with Crippen LogP contribution in [-0.4, -0.2) is 41.7 Å². The number of rotatable bonds is 7. The average molecular weight is 367 g/mol. The van der Waals surface area contributed by atoms with Gasteiger partial charge in [0.25, 0.3) is 5.91 Å². The van der Waals surface area contributed by atoms with Crippen LogP contribution in [-0.2, 0) is 6.54 Å². The SMILES string of the molecule is CCN(Cc1nc(-c2ccccc2)no1)C(=O)c1ccc(OC)cc1OC. The number of carbonyl (C=O) groups excluding carboxylic acids is 1. The Morgan fingerprint density at radius 2 is 1.89 bits per heavy atom. The normalized spacial score (nSPS) is 10.5. The summed E-state index contributed by atoms with van der Waals surface area (Å²) in [4.78, 5) is 19.0. The molecular weight excluding hydrogens is 346 g/mol. The molecule has 27 heavy (non-hydrogen) atoms. The lowest BCUT2D eigenvalue weighted by Gasteiger charge is -2.20. The van der Waals surface area contributed by atoms with Crippen molar-refractivity contribution in [2.75, 3.05) is 20.8 Å². The predicted molar refractivity (Wildman–Crippen MR) is 99.7 cm³/mol. The summed E-state index contributed by atoms with van der Waals surface area (Å²) >= 11 is 0. The quantitative estimate of drug-likeness (QED) is 0.637. The van der Waals surface area contributed by atoms with Crippen LogP contribution >= 0.6 is 0 Å². The van der Waals surface area contributed by atoms with Crippen molar-refractivity contribution in [2.24, 2.45) is 0 Å². The number of hydrogen-bond donors (Lipinski definition) is 0. The molecule has 0 aliphatic heterocycles. The van der Waals surface area contributed by atoms with Gasteiger partial charge in [0.15, 0.2) is 0 Å². The van der Waals surface area contributed by atoms with Gasteiger partial charge >= 0.3 is 0 Å². The number of benzene rings is 2. The first-order valence-corrected chi connectivity index (χ1v) is 8.55. The third-order valence-electron chi connectivity index (χ3n) is 4.13. The molecule has 7 nitrogen and oxygen atoms in total. The van der Waals surface area contributed by atoms with Gasteiger partial charge in [0, 0.05) is 18.2 Å². The van der Waals surface area contributed by atoms with Crippen molar-refractivity contribution in [3.8, 4) is 22.9 Å². The van der Waals surface area contributed by atoms with Crippen LogP contribution in [0, 0.1) is 0 Å². The number of hydrogen-bond acceptors (Lipinski definition) is 6. The molecule has 0 bridgehead atoms. The van der Waals surface area contributed by atoms with Gasteiger partial charge in [-0.25, -0.2) is 0 Å². The summed E-state index contributed by atoms with van der Waals surface area (Å²) in [6.07, 6.45) is 0. The van der Waals surface area contributed by atoms with Crippen molar-refractivity contribution in [2.45, 2.75) is 13.5 Å². The Hall–Kier alpha value is -3.35. The summed E-state index contributed by atoms with van der Waals surface area (Å²) in [6, 6.07) is 14.6. The highest BCUT2D eigenvalue weighted by atomic mass is 16.5. The lowest BCUT2D eigenvalue weighted by molar-refractivity contribution is 0.0731. The summed E-state index contributed by atoms with van der Waals surface area (Å²) < 4.78 is 15.8. The standard InChI is InChI=1S/C20H21N3O4/c1-4-23(20(24)16-11-10-15(25-2)12-17(16)26-3)13-18-21-19(22-27-18)14-8-6-5-7-9-14/h5-12H,4,13H2,1-3H3. The molecule has 0 unspecified atom stereocenters. The van der Waals surface area contributed by atoms with Crippen LogP contribution in [0.3, 0.4) is 0 Å². The molecular formula is C20H21N3O4. The fraction of sp³-hybridized carbons (Fsp3) is 0.250. The van der Waals surface area contributed by atoms with Crippen molar-refractivity contribution in [1.29, 1.82) is 0 Å². The molecule has 3 rings (SSSR count).